The van der Waals surface area contributed by atoms with Gasteiger partial charge in [-0.05, 0) is 26.0 Å². The summed E-state index contributed by atoms with van der Waals surface area (Å²) in [5.41, 5.74) is 0.481. The van der Waals surface area contributed by atoms with Crippen molar-refractivity contribution in [1.29, 1.82) is 0 Å². The number of sulfonamides is 1. The van der Waals surface area contributed by atoms with E-state index in [4.69, 9.17) is 4.74 Å². The zero-order valence-corrected chi connectivity index (χ0v) is 12.3. The Labute approximate surface area is 118 Å². The molecule has 20 heavy (non-hydrogen) atoms. The first-order chi connectivity index (χ1) is 9.49. The number of anilines is 1. The van der Waals surface area contributed by atoms with E-state index in [1.165, 1.54) is 4.31 Å². The van der Waals surface area contributed by atoms with Crippen LogP contribution < -0.4 is 14.4 Å². The van der Waals surface area contributed by atoms with Gasteiger partial charge in [0, 0.05) is 6.54 Å². The fourth-order valence-corrected chi connectivity index (χ4v) is 3.17. The lowest BCUT2D eigenvalue weighted by molar-refractivity contribution is -0.127. The van der Waals surface area contributed by atoms with Gasteiger partial charge in [-0.1, -0.05) is 12.1 Å². The number of ether oxygens (including phenoxy) is 1. The predicted octanol–water partition coefficient (Wildman–Crippen LogP) is 0.740. The number of benzene rings is 1. The van der Waals surface area contributed by atoms with Gasteiger partial charge in [-0.15, -0.1) is 0 Å². The van der Waals surface area contributed by atoms with E-state index in [9.17, 15) is 13.2 Å². The molecule has 1 aliphatic heterocycles. The number of hydrogen-bond donors (Lipinski definition) is 1. The second-order valence-electron chi connectivity index (χ2n) is 4.40. The Bertz CT molecular complexity index is 600. The molecule has 6 nitrogen and oxygen atoms in total. The van der Waals surface area contributed by atoms with E-state index in [0.717, 1.165) is 0 Å². The van der Waals surface area contributed by atoms with Crippen molar-refractivity contribution in [1.82, 2.24) is 5.32 Å². The molecule has 1 N–H and O–H groups in total. The Kier molecular flexibility index (Phi) is 4.17. The molecule has 0 saturated heterocycles. The number of fused-ring (bicyclic) bond motifs is 1. The predicted molar refractivity (Wildman–Crippen MR) is 76.3 cm³/mol. The SMILES string of the molecule is CCNC(=O)C1CN(S(=O)(=O)CC)c2ccccc2O1. The van der Waals surface area contributed by atoms with Crippen molar-refractivity contribution in [2.45, 2.75) is 20.0 Å². The van der Waals surface area contributed by atoms with E-state index in [-0.39, 0.29) is 18.2 Å². The van der Waals surface area contributed by atoms with E-state index in [0.29, 0.717) is 18.0 Å². The molecular weight excluding hydrogens is 280 g/mol. The second-order valence-corrected chi connectivity index (χ2v) is 6.58. The molecular formula is C13H18N2O4S. The number of carbonyl (C=O) groups excluding carboxylic acids is 1. The number of nitrogens with zero attached hydrogens (tertiary/aromatic N) is 1. The van der Waals surface area contributed by atoms with Crippen LogP contribution in [-0.4, -0.2) is 39.3 Å². The molecule has 1 aromatic rings. The maximum absolute atomic E-state index is 12.2. The molecule has 1 heterocycles. The molecule has 1 atom stereocenters. The first-order valence-electron chi connectivity index (χ1n) is 6.53. The minimum absolute atomic E-state index is 0.000972. The van der Waals surface area contributed by atoms with Crippen molar-refractivity contribution in [3.8, 4) is 5.75 Å². The Balaban J connectivity index is 2.39. The van der Waals surface area contributed by atoms with Gasteiger partial charge in [0.05, 0.1) is 18.0 Å². The minimum Gasteiger partial charge on any atom is -0.476 e. The summed E-state index contributed by atoms with van der Waals surface area (Å²) in [5, 5.41) is 2.65. The van der Waals surface area contributed by atoms with Gasteiger partial charge in [-0.2, -0.15) is 0 Å². The standard InChI is InChI=1S/C13H18N2O4S/c1-3-14-13(16)12-9-15(20(17,18)4-2)10-7-5-6-8-11(10)19-12/h5-8,12H,3-4,9H2,1-2H3,(H,14,16). The summed E-state index contributed by atoms with van der Waals surface area (Å²) in [5.74, 6) is 0.0778. The normalized spacial score (nSPS) is 18.1. The maximum Gasteiger partial charge on any atom is 0.262 e. The summed E-state index contributed by atoms with van der Waals surface area (Å²) in [6, 6.07) is 6.83. The fourth-order valence-electron chi connectivity index (χ4n) is 2.05. The first kappa shape index (κ1) is 14.6. The van der Waals surface area contributed by atoms with Crippen LogP contribution in [0, 0.1) is 0 Å². The van der Waals surface area contributed by atoms with Crippen LogP contribution in [-0.2, 0) is 14.8 Å². The highest BCUT2D eigenvalue weighted by Crippen LogP contribution is 2.34. The Morgan fingerprint density at radius 2 is 2.10 bits per heavy atom. The molecule has 1 amide bonds. The molecule has 0 radical (unpaired) electrons. The van der Waals surface area contributed by atoms with E-state index < -0.39 is 16.1 Å². The van der Waals surface area contributed by atoms with Gasteiger partial charge >= 0.3 is 0 Å². The van der Waals surface area contributed by atoms with Crippen LogP contribution in [0.25, 0.3) is 0 Å². The van der Waals surface area contributed by atoms with E-state index in [1.807, 2.05) is 0 Å². The van der Waals surface area contributed by atoms with Crippen LogP contribution in [0.1, 0.15) is 13.8 Å². The van der Waals surface area contributed by atoms with Crippen molar-refractivity contribution < 1.29 is 17.9 Å². The van der Waals surface area contributed by atoms with Crippen LogP contribution in [0.15, 0.2) is 24.3 Å². The highest BCUT2D eigenvalue weighted by Gasteiger charge is 2.35. The quantitative estimate of drug-likeness (QED) is 0.889. The number of hydrogen-bond acceptors (Lipinski definition) is 4. The molecule has 0 aliphatic carbocycles. The topological polar surface area (TPSA) is 75.7 Å². The number of para-hydroxylation sites is 2. The largest absolute Gasteiger partial charge is 0.476 e. The third-order valence-electron chi connectivity index (χ3n) is 3.08. The summed E-state index contributed by atoms with van der Waals surface area (Å²) < 4.78 is 31.2. The number of amides is 1. The van der Waals surface area contributed by atoms with Gasteiger partial charge < -0.3 is 10.1 Å². The number of likely N-dealkylation sites (N-methyl/N-ethyl adjacent to an activating group) is 1. The maximum atomic E-state index is 12.2. The molecule has 110 valence electrons. The van der Waals surface area contributed by atoms with Gasteiger partial charge in [0.25, 0.3) is 5.91 Å². The third kappa shape index (κ3) is 2.72. The Morgan fingerprint density at radius 3 is 2.75 bits per heavy atom. The van der Waals surface area contributed by atoms with Gasteiger partial charge in [0.1, 0.15) is 5.75 Å². The van der Waals surface area contributed by atoms with Crippen LogP contribution in [0.2, 0.25) is 0 Å². The highest BCUT2D eigenvalue weighted by atomic mass is 32.2. The van der Waals surface area contributed by atoms with Gasteiger partial charge in [0.2, 0.25) is 10.0 Å². The molecule has 1 aromatic carbocycles. The van der Waals surface area contributed by atoms with Crippen molar-refractivity contribution in [2.75, 3.05) is 23.1 Å². The number of rotatable bonds is 4. The molecule has 7 heteroatoms. The summed E-state index contributed by atoms with van der Waals surface area (Å²) in [7, 11) is -3.44. The number of nitrogens with one attached hydrogen (secondary N) is 1. The van der Waals surface area contributed by atoms with Crippen molar-refractivity contribution in [3.05, 3.63) is 24.3 Å². The van der Waals surface area contributed by atoms with E-state index in [2.05, 4.69) is 5.32 Å². The average molecular weight is 298 g/mol. The zero-order chi connectivity index (χ0) is 14.8. The lowest BCUT2D eigenvalue weighted by Gasteiger charge is -2.34. The first-order valence-corrected chi connectivity index (χ1v) is 8.14. The van der Waals surface area contributed by atoms with Crippen LogP contribution in [0.3, 0.4) is 0 Å². The molecule has 2 rings (SSSR count). The number of carbonyl (C=O) groups is 1. The van der Waals surface area contributed by atoms with Gasteiger partial charge in [0.15, 0.2) is 6.10 Å². The highest BCUT2D eigenvalue weighted by molar-refractivity contribution is 7.92. The summed E-state index contributed by atoms with van der Waals surface area (Å²) >= 11 is 0. The van der Waals surface area contributed by atoms with Gasteiger partial charge in [-0.3, -0.25) is 9.10 Å². The second kappa shape index (κ2) is 5.70. The zero-order valence-electron chi connectivity index (χ0n) is 11.5. The smallest absolute Gasteiger partial charge is 0.262 e. The third-order valence-corrected chi connectivity index (χ3v) is 4.83. The molecule has 1 aliphatic rings. The fraction of sp³-hybridized carbons (Fsp3) is 0.462. The van der Waals surface area contributed by atoms with E-state index in [1.54, 1.807) is 38.1 Å². The van der Waals surface area contributed by atoms with Crippen LogP contribution >= 0.6 is 0 Å². The van der Waals surface area contributed by atoms with Crippen molar-refractivity contribution in [2.24, 2.45) is 0 Å². The van der Waals surface area contributed by atoms with Crippen LogP contribution in [0.4, 0.5) is 5.69 Å². The molecule has 0 fully saturated rings. The lowest BCUT2D eigenvalue weighted by Crippen LogP contribution is -2.51. The Morgan fingerprint density at radius 1 is 1.40 bits per heavy atom. The van der Waals surface area contributed by atoms with Crippen LogP contribution in [0.5, 0.6) is 5.75 Å². The molecule has 0 aromatic heterocycles. The summed E-state index contributed by atoms with van der Waals surface area (Å²) in [4.78, 5) is 11.9. The van der Waals surface area contributed by atoms with E-state index >= 15 is 0 Å². The molecule has 0 saturated carbocycles. The Hall–Kier alpha value is -1.76. The van der Waals surface area contributed by atoms with Gasteiger partial charge in [-0.25, -0.2) is 8.42 Å². The molecule has 0 bridgehead atoms. The molecule has 1 unspecified atom stereocenters. The van der Waals surface area contributed by atoms with Crippen molar-refractivity contribution in [3.63, 3.8) is 0 Å². The lowest BCUT2D eigenvalue weighted by atomic mass is 10.2. The minimum atomic E-state index is -3.44. The van der Waals surface area contributed by atoms with Crippen molar-refractivity contribution >= 4 is 21.6 Å². The summed E-state index contributed by atoms with van der Waals surface area (Å²) in [6.45, 7) is 3.85. The average Bonchev–Trinajstić information content (AvgIpc) is 2.46. The monoisotopic (exact) mass is 298 g/mol. The molecule has 0 spiro atoms. The summed E-state index contributed by atoms with van der Waals surface area (Å²) in [6.07, 6.45) is -0.828.